The van der Waals surface area contributed by atoms with Crippen molar-refractivity contribution in [1.29, 1.82) is 0 Å². The Balaban J connectivity index is 1.74. The van der Waals surface area contributed by atoms with Gasteiger partial charge in [-0.25, -0.2) is 0 Å². The number of hydrogen-bond acceptors (Lipinski definition) is 2. The predicted octanol–water partition coefficient (Wildman–Crippen LogP) is 1.86. The Bertz CT molecular complexity index is 206. The van der Waals surface area contributed by atoms with Crippen molar-refractivity contribution in [2.24, 2.45) is 5.92 Å². The predicted molar refractivity (Wildman–Crippen MR) is 58.6 cm³/mol. The largest absolute Gasteiger partial charge is 0.381 e. The highest BCUT2D eigenvalue weighted by atomic mass is 16.5. The van der Waals surface area contributed by atoms with E-state index in [0.717, 1.165) is 19.4 Å². The van der Waals surface area contributed by atoms with Crippen LogP contribution in [-0.2, 0) is 9.53 Å². The SMILES string of the molecule is O=C(NC1CCCCC1)C1CCCOC1. The minimum Gasteiger partial charge on any atom is -0.381 e. The van der Waals surface area contributed by atoms with E-state index in [1.165, 1.54) is 32.1 Å². The van der Waals surface area contributed by atoms with Crippen molar-refractivity contribution in [3.05, 3.63) is 0 Å². The highest BCUT2D eigenvalue weighted by Gasteiger charge is 2.24. The molecule has 0 aromatic heterocycles. The first-order valence-corrected chi connectivity index (χ1v) is 6.24. The highest BCUT2D eigenvalue weighted by Crippen LogP contribution is 2.19. The number of carbonyl (C=O) groups excluding carboxylic acids is 1. The summed E-state index contributed by atoms with van der Waals surface area (Å²) in [7, 11) is 0. The summed E-state index contributed by atoms with van der Waals surface area (Å²) in [6.07, 6.45) is 8.23. The van der Waals surface area contributed by atoms with E-state index in [1.807, 2.05) is 0 Å². The molecule has 1 heterocycles. The minimum atomic E-state index is 0.112. The normalized spacial score (nSPS) is 28.7. The van der Waals surface area contributed by atoms with Crippen LogP contribution >= 0.6 is 0 Å². The summed E-state index contributed by atoms with van der Waals surface area (Å²) in [6.45, 7) is 1.45. The van der Waals surface area contributed by atoms with Crippen molar-refractivity contribution in [3.8, 4) is 0 Å². The van der Waals surface area contributed by atoms with Gasteiger partial charge in [-0.05, 0) is 25.7 Å². The molecule has 2 aliphatic rings. The second-order valence-electron chi connectivity index (χ2n) is 4.76. The topological polar surface area (TPSA) is 38.3 Å². The van der Waals surface area contributed by atoms with Crippen LogP contribution in [0.25, 0.3) is 0 Å². The van der Waals surface area contributed by atoms with Crippen LogP contribution in [0.1, 0.15) is 44.9 Å². The molecular formula is C12H21NO2. The molecule has 0 radical (unpaired) electrons. The molecule has 1 saturated carbocycles. The number of nitrogens with one attached hydrogen (secondary N) is 1. The second kappa shape index (κ2) is 5.50. The molecule has 2 fully saturated rings. The molecule has 0 aromatic rings. The molecule has 3 nitrogen and oxygen atoms in total. The van der Waals surface area contributed by atoms with Crippen molar-refractivity contribution in [3.63, 3.8) is 0 Å². The molecule has 0 bridgehead atoms. The smallest absolute Gasteiger partial charge is 0.225 e. The lowest BCUT2D eigenvalue weighted by atomic mass is 9.94. The van der Waals surface area contributed by atoms with Crippen LogP contribution in [0.4, 0.5) is 0 Å². The summed E-state index contributed by atoms with van der Waals surface area (Å²) in [5, 5.41) is 3.17. The first-order chi connectivity index (χ1) is 7.36. The van der Waals surface area contributed by atoms with Crippen LogP contribution in [0.2, 0.25) is 0 Å². The van der Waals surface area contributed by atoms with Gasteiger partial charge in [-0.1, -0.05) is 19.3 Å². The zero-order valence-corrected chi connectivity index (χ0v) is 9.34. The molecule has 1 aliphatic carbocycles. The molecule has 1 N–H and O–H groups in total. The molecule has 1 saturated heterocycles. The molecule has 86 valence electrons. The fourth-order valence-electron chi connectivity index (χ4n) is 2.51. The zero-order valence-electron chi connectivity index (χ0n) is 9.34. The van der Waals surface area contributed by atoms with E-state index < -0.39 is 0 Å². The Hall–Kier alpha value is -0.570. The maximum atomic E-state index is 11.9. The molecular weight excluding hydrogens is 190 g/mol. The average molecular weight is 211 g/mol. The molecule has 1 amide bonds. The van der Waals surface area contributed by atoms with Crippen molar-refractivity contribution in [2.45, 2.75) is 51.0 Å². The van der Waals surface area contributed by atoms with E-state index in [0.29, 0.717) is 12.6 Å². The molecule has 15 heavy (non-hydrogen) atoms. The first kappa shape index (κ1) is 10.9. The van der Waals surface area contributed by atoms with Gasteiger partial charge in [0.2, 0.25) is 5.91 Å². The highest BCUT2D eigenvalue weighted by molar-refractivity contribution is 5.79. The fourth-order valence-corrected chi connectivity index (χ4v) is 2.51. The Morgan fingerprint density at radius 3 is 2.53 bits per heavy atom. The Morgan fingerprint density at radius 1 is 1.07 bits per heavy atom. The van der Waals surface area contributed by atoms with Crippen LogP contribution in [0.15, 0.2) is 0 Å². The van der Waals surface area contributed by atoms with Crippen molar-refractivity contribution in [2.75, 3.05) is 13.2 Å². The van der Waals surface area contributed by atoms with Crippen molar-refractivity contribution < 1.29 is 9.53 Å². The zero-order chi connectivity index (χ0) is 10.5. The summed E-state index contributed by atoms with van der Waals surface area (Å²) in [5.74, 6) is 0.335. The van der Waals surface area contributed by atoms with E-state index >= 15 is 0 Å². The van der Waals surface area contributed by atoms with E-state index in [1.54, 1.807) is 0 Å². The first-order valence-electron chi connectivity index (χ1n) is 6.24. The number of hydrogen-bond donors (Lipinski definition) is 1. The van der Waals surface area contributed by atoms with Gasteiger partial charge in [-0.15, -0.1) is 0 Å². The van der Waals surface area contributed by atoms with Crippen molar-refractivity contribution in [1.82, 2.24) is 5.32 Å². The van der Waals surface area contributed by atoms with Gasteiger partial charge in [-0.3, -0.25) is 4.79 Å². The lowest BCUT2D eigenvalue weighted by molar-refractivity contribution is -0.129. The van der Waals surface area contributed by atoms with Gasteiger partial charge in [0, 0.05) is 12.6 Å². The lowest BCUT2D eigenvalue weighted by Gasteiger charge is -2.27. The van der Waals surface area contributed by atoms with E-state index in [-0.39, 0.29) is 11.8 Å². The number of amides is 1. The minimum absolute atomic E-state index is 0.112. The summed E-state index contributed by atoms with van der Waals surface area (Å²) in [4.78, 5) is 11.9. The molecule has 0 spiro atoms. The Kier molecular flexibility index (Phi) is 4.01. The van der Waals surface area contributed by atoms with Gasteiger partial charge in [0.25, 0.3) is 0 Å². The van der Waals surface area contributed by atoms with Gasteiger partial charge in [0.15, 0.2) is 0 Å². The van der Waals surface area contributed by atoms with Crippen LogP contribution in [-0.4, -0.2) is 25.2 Å². The molecule has 1 unspecified atom stereocenters. The maximum absolute atomic E-state index is 11.9. The summed E-state index contributed by atoms with van der Waals surface area (Å²) >= 11 is 0. The van der Waals surface area contributed by atoms with E-state index in [9.17, 15) is 4.79 Å². The number of carbonyl (C=O) groups is 1. The van der Waals surface area contributed by atoms with Crippen LogP contribution in [0, 0.1) is 5.92 Å². The van der Waals surface area contributed by atoms with Gasteiger partial charge in [0.05, 0.1) is 12.5 Å². The molecule has 0 aromatic carbocycles. The standard InChI is InChI=1S/C12H21NO2/c14-12(10-5-4-8-15-9-10)13-11-6-2-1-3-7-11/h10-11H,1-9H2,(H,13,14). The third kappa shape index (κ3) is 3.20. The maximum Gasteiger partial charge on any atom is 0.225 e. The second-order valence-corrected chi connectivity index (χ2v) is 4.76. The number of ether oxygens (including phenoxy) is 1. The lowest BCUT2D eigenvalue weighted by Crippen LogP contribution is -2.42. The Labute approximate surface area is 91.6 Å². The molecule has 1 aliphatic heterocycles. The number of rotatable bonds is 2. The van der Waals surface area contributed by atoms with Gasteiger partial charge >= 0.3 is 0 Å². The van der Waals surface area contributed by atoms with Crippen LogP contribution in [0.5, 0.6) is 0 Å². The third-order valence-corrected chi connectivity index (χ3v) is 3.48. The summed E-state index contributed by atoms with van der Waals surface area (Å²) < 4.78 is 5.33. The van der Waals surface area contributed by atoms with Gasteiger partial charge < -0.3 is 10.1 Å². The monoisotopic (exact) mass is 211 g/mol. The molecule has 3 heteroatoms. The van der Waals surface area contributed by atoms with E-state index in [2.05, 4.69) is 5.32 Å². The Morgan fingerprint density at radius 2 is 1.87 bits per heavy atom. The fraction of sp³-hybridized carbons (Fsp3) is 0.917. The van der Waals surface area contributed by atoms with Crippen LogP contribution < -0.4 is 5.32 Å². The third-order valence-electron chi connectivity index (χ3n) is 3.48. The van der Waals surface area contributed by atoms with E-state index in [4.69, 9.17) is 4.74 Å². The molecule has 2 rings (SSSR count). The summed E-state index contributed by atoms with van der Waals surface area (Å²) in [6, 6.07) is 0.438. The van der Waals surface area contributed by atoms with Gasteiger partial charge in [0.1, 0.15) is 0 Å². The molecule has 1 atom stereocenters. The quantitative estimate of drug-likeness (QED) is 0.757. The van der Waals surface area contributed by atoms with Gasteiger partial charge in [-0.2, -0.15) is 0 Å². The van der Waals surface area contributed by atoms with Crippen LogP contribution in [0.3, 0.4) is 0 Å². The average Bonchev–Trinajstić information content (AvgIpc) is 2.31. The summed E-state index contributed by atoms with van der Waals surface area (Å²) in [5.41, 5.74) is 0. The van der Waals surface area contributed by atoms with Crippen molar-refractivity contribution >= 4 is 5.91 Å².